The van der Waals surface area contributed by atoms with Crippen molar-refractivity contribution in [3.63, 3.8) is 0 Å². The molecule has 1 aliphatic heterocycles. The van der Waals surface area contributed by atoms with Gasteiger partial charge in [-0.1, -0.05) is 54.6 Å². The van der Waals surface area contributed by atoms with Gasteiger partial charge < -0.3 is 16.0 Å². The van der Waals surface area contributed by atoms with E-state index in [0.717, 1.165) is 11.1 Å². The minimum absolute atomic E-state index is 0.0647. The molecule has 2 heterocycles. The number of nitrogens with two attached hydrogens (primary N) is 1. The quantitative estimate of drug-likeness (QED) is 0.605. The number of benzene rings is 2. The van der Waals surface area contributed by atoms with Gasteiger partial charge in [-0.15, -0.1) is 0 Å². The Labute approximate surface area is 194 Å². The van der Waals surface area contributed by atoms with Crippen molar-refractivity contribution in [2.45, 2.75) is 26.2 Å². The second kappa shape index (κ2) is 9.86. The number of rotatable bonds is 6. The number of amides is 2. The van der Waals surface area contributed by atoms with Crippen LogP contribution in [0.15, 0.2) is 73.1 Å². The number of carbonyl (C=O) groups excluding carboxylic acids is 2. The highest BCUT2D eigenvalue weighted by atomic mass is 16.2. The topological polar surface area (TPSA) is 88.3 Å². The fourth-order valence-electron chi connectivity index (χ4n) is 4.56. The minimum atomic E-state index is -0.533. The van der Waals surface area contributed by atoms with Crippen molar-refractivity contribution < 1.29 is 9.59 Å². The maximum Gasteiger partial charge on any atom is 0.255 e. The molecule has 1 saturated heterocycles. The van der Waals surface area contributed by atoms with Crippen LogP contribution in [0.4, 0.5) is 5.69 Å². The normalized spacial score (nSPS) is 15.1. The van der Waals surface area contributed by atoms with Crippen LogP contribution in [0.2, 0.25) is 0 Å². The zero-order valence-electron chi connectivity index (χ0n) is 19.0. The average Bonchev–Trinajstić information content (AvgIpc) is 2.85. The summed E-state index contributed by atoms with van der Waals surface area (Å²) in [5.74, 6) is -0.0265. The van der Waals surface area contributed by atoms with E-state index in [2.05, 4.69) is 46.7 Å². The van der Waals surface area contributed by atoms with Crippen molar-refractivity contribution in [2.24, 2.45) is 5.41 Å². The van der Waals surface area contributed by atoms with Crippen LogP contribution in [0.5, 0.6) is 0 Å². The molecule has 0 saturated carbocycles. The molecule has 0 spiro atoms. The van der Waals surface area contributed by atoms with Crippen LogP contribution < -0.4 is 11.1 Å². The number of nitrogens with one attached hydrogen (secondary N) is 1. The van der Waals surface area contributed by atoms with E-state index in [0.29, 0.717) is 50.1 Å². The number of piperidine rings is 1. The number of hydrogen-bond acceptors (Lipinski definition) is 4. The van der Waals surface area contributed by atoms with Gasteiger partial charge in [0.05, 0.1) is 16.7 Å². The number of hydrogen-bond donors (Lipinski definition) is 2. The minimum Gasteiger partial charge on any atom is -0.397 e. The first-order chi connectivity index (χ1) is 16.0. The molecular weight excluding hydrogens is 412 g/mol. The van der Waals surface area contributed by atoms with Gasteiger partial charge in [0.1, 0.15) is 0 Å². The van der Waals surface area contributed by atoms with Crippen molar-refractivity contribution in [1.82, 2.24) is 15.2 Å². The number of nitrogen functional groups attached to an aromatic ring is 1. The zero-order valence-corrected chi connectivity index (χ0v) is 19.0. The fraction of sp³-hybridized carbons (Fsp3) is 0.296. The zero-order chi connectivity index (χ0) is 23.3. The summed E-state index contributed by atoms with van der Waals surface area (Å²) in [6, 6.07) is 20.3. The van der Waals surface area contributed by atoms with Gasteiger partial charge in [0.15, 0.2) is 0 Å². The molecule has 0 atom stereocenters. The van der Waals surface area contributed by atoms with Crippen molar-refractivity contribution in [1.29, 1.82) is 0 Å². The molecule has 1 aliphatic rings. The first kappa shape index (κ1) is 22.5. The lowest BCUT2D eigenvalue weighted by Gasteiger charge is -2.41. The Hall–Kier alpha value is -3.67. The Balaban J connectivity index is 1.49. The van der Waals surface area contributed by atoms with Crippen LogP contribution >= 0.6 is 0 Å². The Bertz CT molecular complexity index is 1100. The van der Waals surface area contributed by atoms with E-state index in [4.69, 9.17) is 5.73 Å². The predicted octanol–water partition coefficient (Wildman–Crippen LogP) is 3.93. The third-order valence-electron chi connectivity index (χ3n) is 6.44. The first-order valence-corrected chi connectivity index (χ1v) is 11.4. The average molecular weight is 443 g/mol. The molecule has 1 aromatic heterocycles. The SMILES string of the molecule is CCNC(=O)C1(Cc2ccc(-c3ccccc3)cc2)CCN(C(=O)c2cncc(N)c2)CC1. The maximum atomic E-state index is 13.2. The summed E-state index contributed by atoms with van der Waals surface area (Å²) >= 11 is 0. The van der Waals surface area contributed by atoms with Gasteiger partial charge in [-0.25, -0.2) is 0 Å². The van der Waals surface area contributed by atoms with Crippen molar-refractivity contribution in [3.8, 4) is 11.1 Å². The number of aromatic nitrogens is 1. The van der Waals surface area contributed by atoms with Gasteiger partial charge in [0.25, 0.3) is 5.91 Å². The molecule has 0 aliphatic carbocycles. The Morgan fingerprint density at radius 2 is 1.67 bits per heavy atom. The molecule has 6 nitrogen and oxygen atoms in total. The van der Waals surface area contributed by atoms with Crippen LogP contribution in [0.25, 0.3) is 11.1 Å². The summed E-state index contributed by atoms with van der Waals surface area (Å²) in [5.41, 5.74) is 9.66. The van der Waals surface area contributed by atoms with Gasteiger partial charge in [0, 0.05) is 32.0 Å². The summed E-state index contributed by atoms with van der Waals surface area (Å²) in [7, 11) is 0. The fourth-order valence-corrected chi connectivity index (χ4v) is 4.56. The molecule has 170 valence electrons. The number of anilines is 1. The second-order valence-electron chi connectivity index (χ2n) is 8.68. The molecule has 33 heavy (non-hydrogen) atoms. The summed E-state index contributed by atoms with van der Waals surface area (Å²) in [4.78, 5) is 31.9. The molecule has 2 aromatic carbocycles. The third-order valence-corrected chi connectivity index (χ3v) is 6.44. The molecule has 2 amide bonds. The highest BCUT2D eigenvalue weighted by Crippen LogP contribution is 2.36. The lowest BCUT2D eigenvalue weighted by atomic mass is 9.72. The lowest BCUT2D eigenvalue weighted by Crippen LogP contribution is -2.51. The van der Waals surface area contributed by atoms with E-state index in [9.17, 15) is 9.59 Å². The van der Waals surface area contributed by atoms with Crippen molar-refractivity contribution in [3.05, 3.63) is 84.2 Å². The predicted molar refractivity (Wildman–Crippen MR) is 130 cm³/mol. The summed E-state index contributed by atoms with van der Waals surface area (Å²) in [5, 5.41) is 3.03. The van der Waals surface area contributed by atoms with E-state index in [1.807, 2.05) is 25.1 Å². The number of carbonyl (C=O) groups is 2. The molecule has 3 N–H and O–H groups in total. The van der Waals surface area contributed by atoms with Gasteiger partial charge in [0.2, 0.25) is 5.91 Å². The Morgan fingerprint density at radius 3 is 2.30 bits per heavy atom. The van der Waals surface area contributed by atoms with E-state index in [1.165, 1.54) is 11.8 Å². The molecule has 6 heteroatoms. The summed E-state index contributed by atoms with van der Waals surface area (Å²) in [6.45, 7) is 3.57. The van der Waals surface area contributed by atoms with Gasteiger partial charge in [-0.2, -0.15) is 0 Å². The largest absolute Gasteiger partial charge is 0.397 e. The van der Waals surface area contributed by atoms with Crippen molar-refractivity contribution >= 4 is 17.5 Å². The van der Waals surface area contributed by atoms with Crippen LogP contribution in [0.3, 0.4) is 0 Å². The Kier molecular flexibility index (Phi) is 6.73. The van der Waals surface area contributed by atoms with E-state index < -0.39 is 5.41 Å². The standard InChI is InChI=1S/C27H30N4O2/c1-2-30-26(33)27(17-20-8-10-22(11-9-20)21-6-4-3-5-7-21)12-14-31(15-13-27)25(32)23-16-24(28)19-29-18-23/h3-11,16,18-19H,2,12-15,17,28H2,1H3,(H,30,33). The Morgan fingerprint density at radius 1 is 1.00 bits per heavy atom. The van der Waals surface area contributed by atoms with Crippen LogP contribution in [-0.4, -0.2) is 41.3 Å². The lowest BCUT2D eigenvalue weighted by molar-refractivity contribution is -0.133. The van der Waals surface area contributed by atoms with Crippen LogP contribution in [-0.2, 0) is 11.2 Å². The summed E-state index contributed by atoms with van der Waals surface area (Å²) in [6.07, 6.45) is 4.94. The van der Waals surface area contributed by atoms with Crippen LogP contribution in [0.1, 0.15) is 35.7 Å². The van der Waals surface area contributed by atoms with Gasteiger partial charge >= 0.3 is 0 Å². The van der Waals surface area contributed by atoms with E-state index in [-0.39, 0.29) is 11.8 Å². The third kappa shape index (κ3) is 5.06. The number of likely N-dealkylation sites (tertiary alicyclic amines) is 1. The number of nitrogens with zero attached hydrogens (tertiary/aromatic N) is 2. The van der Waals surface area contributed by atoms with E-state index >= 15 is 0 Å². The highest BCUT2D eigenvalue weighted by Gasteiger charge is 2.42. The maximum absolute atomic E-state index is 13.2. The molecule has 0 bridgehead atoms. The van der Waals surface area contributed by atoms with Gasteiger partial charge in [-0.3, -0.25) is 14.6 Å². The second-order valence-corrected chi connectivity index (χ2v) is 8.68. The summed E-state index contributed by atoms with van der Waals surface area (Å²) < 4.78 is 0. The molecule has 0 radical (unpaired) electrons. The molecule has 1 fully saturated rings. The number of pyridine rings is 1. The molecule has 4 rings (SSSR count). The monoisotopic (exact) mass is 442 g/mol. The van der Waals surface area contributed by atoms with Crippen molar-refractivity contribution in [2.75, 3.05) is 25.4 Å². The molecular formula is C27H30N4O2. The highest BCUT2D eigenvalue weighted by molar-refractivity contribution is 5.95. The molecule has 0 unspecified atom stereocenters. The van der Waals surface area contributed by atoms with Crippen LogP contribution in [0, 0.1) is 5.41 Å². The first-order valence-electron chi connectivity index (χ1n) is 11.4. The van der Waals surface area contributed by atoms with E-state index in [1.54, 1.807) is 17.2 Å². The van der Waals surface area contributed by atoms with Gasteiger partial charge in [-0.05, 0) is 48.9 Å². The molecule has 3 aromatic rings. The smallest absolute Gasteiger partial charge is 0.255 e.